The van der Waals surface area contributed by atoms with Gasteiger partial charge in [-0.25, -0.2) is 0 Å². The summed E-state index contributed by atoms with van der Waals surface area (Å²) < 4.78 is 7.36. The molecule has 202 valence electrons. The number of para-hydroxylation sites is 1. The number of aromatic nitrogens is 4. The number of methoxy groups -OCH3 is 1. The van der Waals surface area contributed by atoms with Crippen LogP contribution in [0.4, 0.5) is 17.2 Å². The van der Waals surface area contributed by atoms with E-state index in [2.05, 4.69) is 36.6 Å². The van der Waals surface area contributed by atoms with Gasteiger partial charge in [-0.05, 0) is 18.9 Å². The summed E-state index contributed by atoms with van der Waals surface area (Å²) in [6, 6.07) is 8.57. The van der Waals surface area contributed by atoms with E-state index >= 15 is 0 Å². The highest BCUT2D eigenvalue weighted by atomic mass is 16.5. The molecule has 41 heavy (non-hydrogen) atoms. The fraction of sp³-hybridized carbons (Fsp3) is 0.320. The Morgan fingerprint density at radius 2 is 1.98 bits per heavy atom. The van der Waals surface area contributed by atoms with Gasteiger partial charge in [-0.2, -0.15) is 10.4 Å². The predicted octanol–water partition coefficient (Wildman–Crippen LogP) is 0.317. The Kier molecular flexibility index (Phi) is 8.96. The van der Waals surface area contributed by atoms with Crippen LogP contribution in [0.25, 0.3) is 11.1 Å². The van der Waals surface area contributed by atoms with Gasteiger partial charge >= 0.3 is 0 Å². The zero-order valence-corrected chi connectivity index (χ0v) is 22.2. The molecule has 0 saturated heterocycles. The van der Waals surface area contributed by atoms with E-state index in [0.717, 1.165) is 18.4 Å². The Morgan fingerprint density at radius 3 is 2.66 bits per heavy atom. The van der Waals surface area contributed by atoms with Crippen molar-refractivity contribution in [3.05, 3.63) is 42.4 Å². The molecule has 0 spiro atoms. The number of nitriles is 1. The second kappa shape index (κ2) is 12.6. The van der Waals surface area contributed by atoms with Crippen LogP contribution in [0, 0.1) is 17.2 Å². The molecule has 0 atom stereocenters. The summed E-state index contributed by atoms with van der Waals surface area (Å²) in [5, 5.41) is 29.6. The van der Waals surface area contributed by atoms with E-state index < -0.39 is 11.1 Å². The first-order valence-electron chi connectivity index (χ1n) is 12.6. The summed E-state index contributed by atoms with van der Waals surface area (Å²) in [5.74, 6) is -0.857. The molecule has 2 heterocycles. The quantitative estimate of drug-likeness (QED) is 0.233. The van der Waals surface area contributed by atoms with Crippen LogP contribution in [0.5, 0.6) is 5.75 Å². The number of carbonyl (C=O) groups is 3. The molecule has 16 heteroatoms. The number of hydrogen-bond donors (Lipinski definition) is 4. The maximum Gasteiger partial charge on any atom is 0.272 e. The van der Waals surface area contributed by atoms with Crippen molar-refractivity contribution in [3.8, 4) is 22.9 Å². The van der Waals surface area contributed by atoms with Gasteiger partial charge in [-0.3, -0.25) is 19.1 Å². The Balaban J connectivity index is 1.61. The van der Waals surface area contributed by atoms with Crippen LogP contribution in [-0.2, 0) is 16.1 Å². The maximum absolute atomic E-state index is 12.9. The minimum absolute atomic E-state index is 0.0740. The van der Waals surface area contributed by atoms with E-state index in [1.54, 1.807) is 35.3 Å². The van der Waals surface area contributed by atoms with Crippen molar-refractivity contribution in [2.75, 3.05) is 24.3 Å². The molecule has 0 unspecified atom stereocenters. The highest BCUT2D eigenvalue weighted by Crippen LogP contribution is 2.38. The molecule has 1 saturated carbocycles. The van der Waals surface area contributed by atoms with Crippen molar-refractivity contribution < 1.29 is 19.1 Å². The lowest BCUT2D eigenvalue weighted by Crippen LogP contribution is -2.50. The second-order valence-electron chi connectivity index (χ2n) is 9.33. The monoisotopic (exact) mass is 547 g/mol. The standard InChI is InChI=1S/C25H24B3N9O4/c1-41-22-16(15-12-31-37(13-15)10-9-30-20(38)7-8-29)3-2-4-17(22)32-18-11-19(33-23(39)14-5-6-14)35-36-21(18)24(40)34-25(26,27)28/h2-4,11-14H,5-7,9-10H2,1H3,(H,30,38)(H,34,40)(H2,32,33,35,39). The molecule has 13 nitrogen and oxygen atoms in total. The number of ether oxygens (including phenoxy) is 1. The molecule has 0 bridgehead atoms. The van der Waals surface area contributed by atoms with Crippen molar-refractivity contribution >= 4 is 58.5 Å². The summed E-state index contributed by atoms with van der Waals surface area (Å²) in [6.45, 7) is 0.689. The zero-order chi connectivity index (χ0) is 29.6. The van der Waals surface area contributed by atoms with E-state index in [1.165, 1.54) is 13.2 Å². The Bertz CT molecular complexity index is 1500. The molecule has 4 N–H and O–H groups in total. The molecule has 0 aliphatic heterocycles. The van der Waals surface area contributed by atoms with Crippen LogP contribution in [0.15, 0.2) is 36.7 Å². The topological polar surface area (TPSA) is 176 Å². The number of nitrogens with zero attached hydrogens (tertiary/aromatic N) is 5. The molecule has 1 aliphatic carbocycles. The first-order valence-corrected chi connectivity index (χ1v) is 12.6. The number of amides is 3. The van der Waals surface area contributed by atoms with E-state index in [9.17, 15) is 14.4 Å². The van der Waals surface area contributed by atoms with Crippen LogP contribution >= 0.6 is 0 Å². The van der Waals surface area contributed by atoms with Crippen LogP contribution in [0.1, 0.15) is 29.8 Å². The van der Waals surface area contributed by atoms with Gasteiger partial charge < -0.3 is 26.0 Å². The minimum Gasteiger partial charge on any atom is -0.494 e. The fourth-order valence-corrected chi connectivity index (χ4v) is 3.84. The smallest absolute Gasteiger partial charge is 0.272 e. The van der Waals surface area contributed by atoms with Crippen molar-refractivity contribution in [1.82, 2.24) is 30.6 Å². The molecule has 6 radical (unpaired) electrons. The van der Waals surface area contributed by atoms with E-state index in [0.29, 0.717) is 30.1 Å². The zero-order valence-electron chi connectivity index (χ0n) is 22.2. The van der Waals surface area contributed by atoms with Crippen LogP contribution in [-0.4, -0.2) is 80.1 Å². The maximum atomic E-state index is 12.9. The lowest BCUT2D eigenvalue weighted by atomic mass is 9.49. The Morgan fingerprint density at radius 1 is 1.20 bits per heavy atom. The largest absolute Gasteiger partial charge is 0.494 e. The normalized spacial score (nSPS) is 12.6. The third kappa shape index (κ3) is 7.88. The SMILES string of the molecule is [B]C([B])([B])NC(=O)c1nnc(NC(=O)C2CC2)cc1Nc1cccc(-c2cnn(CCNC(=O)CC#N)c2)c1OC. The van der Waals surface area contributed by atoms with Gasteiger partial charge in [0.05, 0.1) is 60.8 Å². The highest BCUT2D eigenvalue weighted by molar-refractivity contribution is 6.60. The lowest BCUT2D eigenvalue weighted by molar-refractivity contribution is -0.120. The molecule has 3 aromatic rings. The van der Waals surface area contributed by atoms with Crippen molar-refractivity contribution in [2.24, 2.45) is 5.92 Å². The molecule has 1 aromatic carbocycles. The van der Waals surface area contributed by atoms with Crippen LogP contribution in [0.2, 0.25) is 0 Å². The predicted molar refractivity (Wildman–Crippen MR) is 152 cm³/mol. The Hall–Kier alpha value is -4.80. The number of anilines is 3. The highest BCUT2D eigenvalue weighted by Gasteiger charge is 2.30. The Labute approximate surface area is 240 Å². The number of carbonyl (C=O) groups excluding carboxylic acids is 3. The molecular weight excluding hydrogens is 523 g/mol. The molecular formula is C25H24B3N9O4. The van der Waals surface area contributed by atoms with Crippen LogP contribution < -0.4 is 26.0 Å². The van der Waals surface area contributed by atoms with Crippen molar-refractivity contribution in [1.29, 1.82) is 5.26 Å². The molecule has 3 amide bonds. The first kappa shape index (κ1) is 29.2. The van der Waals surface area contributed by atoms with Gasteiger partial charge in [0.25, 0.3) is 5.91 Å². The third-order valence-corrected chi connectivity index (χ3v) is 5.87. The summed E-state index contributed by atoms with van der Waals surface area (Å²) >= 11 is 0. The van der Waals surface area contributed by atoms with Gasteiger partial charge in [0.1, 0.15) is 12.2 Å². The summed E-state index contributed by atoms with van der Waals surface area (Å²) in [5.41, 5.74) is 1.85. The molecule has 4 rings (SSSR count). The van der Waals surface area contributed by atoms with E-state index in [4.69, 9.17) is 33.5 Å². The molecule has 1 fully saturated rings. The summed E-state index contributed by atoms with van der Waals surface area (Å²) in [6.07, 6.45) is 4.80. The second-order valence-corrected chi connectivity index (χ2v) is 9.33. The van der Waals surface area contributed by atoms with E-state index in [1.807, 2.05) is 6.07 Å². The van der Waals surface area contributed by atoms with Gasteiger partial charge in [0.2, 0.25) is 11.8 Å². The molecule has 1 aliphatic rings. The number of rotatable bonds is 12. The average Bonchev–Trinajstić information content (AvgIpc) is 3.66. The third-order valence-electron chi connectivity index (χ3n) is 5.87. The molecule has 2 aromatic heterocycles. The summed E-state index contributed by atoms with van der Waals surface area (Å²) in [4.78, 5) is 36.7. The number of benzene rings is 1. The number of nitrogens with one attached hydrogen (secondary N) is 4. The first-order chi connectivity index (χ1) is 19.6. The number of hydrogen-bond acceptors (Lipinski definition) is 9. The fourth-order valence-electron chi connectivity index (χ4n) is 3.84. The van der Waals surface area contributed by atoms with Crippen molar-refractivity contribution in [2.45, 2.75) is 31.0 Å². The lowest BCUT2D eigenvalue weighted by Gasteiger charge is -2.23. The van der Waals surface area contributed by atoms with E-state index in [-0.39, 0.29) is 41.4 Å². The van der Waals surface area contributed by atoms with Crippen LogP contribution in [0.3, 0.4) is 0 Å². The summed E-state index contributed by atoms with van der Waals surface area (Å²) in [7, 11) is 18.1. The van der Waals surface area contributed by atoms with Crippen molar-refractivity contribution in [3.63, 3.8) is 0 Å². The van der Waals surface area contributed by atoms with Gasteiger partial charge in [-0.1, -0.05) is 17.4 Å². The van der Waals surface area contributed by atoms with Gasteiger partial charge in [-0.15, -0.1) is 10.2 Å². The minimum atomic E-state index is -2.01. The average molecular weight is 547 g/mol. The van der Waals surface area contributed by atoms with Gasteiger partial charge in [0, 0.05) is 35.9 Å². The van der Waals surface area contributed by atoms with Gasteiger partial charge in [0.15, 0.2) is 11.5 Å².